The number of carbonyl (C=O) groups is 3. The Morgan fingerprint density at radius 3 is 2.53 bits per heavy atom. The number of nitrogens with zero attached hydrogens (tertiary/aromatic N) is 3. The molecule has 0 saturated carbocycles. The number of fused-ring (bicyclic) bond motifs is 1. The Morgan fingerprint density at radius 2 is 1.82 bits per heavy atom. The van der Waals surface area contributed by atoms with Crippen molar-refractivity contribution in [3.05, 3.63) is 93.7 Å². The number of aryl methyl sites for hydroxylation is 1. The van der Waals surface area contributed by atoms with Crippen LogP contribution in [0.1, 0.15) is 75.5 Å². The maximum Gasteiger partial charge on any atom is 0.428 e. The number of benzene rings is 2. The fourth-order valence-electron chi connectivity index (χ4n) is 4.72. The van der Waals surface area contributed by atoms with E-state index in [1.54, 1.807) is 20.8 Å². The van der Waals surface area contributed by atoms with Crippen LogP contribution in [-0.2, 0) is 38.6 Å². The Kier molecular flexibility index (Phi) is 11.1. The molecule has 0 bridgehead atoms. The summed E-state index contributed by atoms with van der Waals surface area (Å²) in [6, 6.07) is 15.9. The van der Waals surface area contributed by atoms with Gasteiger partial charge in [-0.25, -0.2) is 15.2 Å². The molecule has 0 radical (unpaired) electrons. The average molecular weight is 617 g/mol. The summed E-state index contributed by atoms with van der Waals surface area (Å²) >= 11 is 0. The Balaban J connectivity index is 1.26. The highest BCUT2D eigenvalue weighted by Gasteiger charge is 2.31. The first-order valence-corrected chi connectivity index (χ1v) is 14.9. The van der Waals surface area contributed by atoms with E-state index in [2.05, 4.69) is 26.1 Å². The van der Waals surface area contributed by atoms with E-state index in [1.807, 2.05) is 61.5 Å². The van der Waals surface area contributed by atoms with Crippen LogP contribution in [0.4, 0.5) is 10.5 Å². The first-order valence-electron chi connectivity index (χ1n) is 14.9. The van der Waals surface area contributed by atoms with Crippen LogP contribution in [0.2, 0.25) is 0 Å². The molecule has 12 nitrogen and oxygen atoms in total. The number of carbonyl (C=O) groups excluding carboxylic acids is 3. The van der Waals surface area contributed by atoms with E-state index < -0.39 is 17.7 Å². The van der Waals surface area contributed by atoms with E-state index in [9.17, 15) is 19.2 Å². The van der Waals surface area contributed by atoms with Crippen LogP contribution in [-0.4, -0.2) is 45.4 Å². The van der Waals surface area contributed by atoms with Crippen molar-refractivity contribution in [3.8, 4) is 0 Å². The van der Waals surface area contributed by atoms with Gasteiger partial charge in [-0.15, -0.1) is 0 Å². The predicted octanol–water partition coefficient (Wildman–Crippen LogP) is 4.23. The highest BCUT2D eigenvalue weighted by atomic mass is 16.6. The zero-order chi connectivity index (χ0) is 32.4. The van der Waals surface area contributed by atoms with Gasteiger partial charge in [-0.1, -0.05) is 54.6 Å². The second-order valence-corrected chi connectivity index (χ2v) is 11.9. The number of hydrogen-bond donors (Lipinski definition) is 3. The molecule has 3 N–H and O–H groups in total. The molecule has 1 unspecified atom stereocenters. The molecule has 1 aliphatic heterocycles. The zero-order valence-electron chi connectivity index (χ0n) is 26.0. The fraction of sp³-hybridized carbons (Fsp3) is 0.394. The number of rotatable bonds is 12. The first-order chi connectivity index (χ1) is 21.5. The molecule has 0 aliphatic carbocycles. The number of aromatic nitrogens is 2. The summed E-state index contributed by atoms with van der Waals surface area (Å²) in [6.07, 6.45) is 3.99. The Labute approximate surface area is 262 Å². The summed E-state index contributed by atoms with van der Waals surface area (Å²) in [5.74, 6) is -0.0197. The molecule has 2 amide bonds. The summed E-state index contributed by atoms with van der Waals surface area (Å²) in [4.78, 5) is 54.8. The Bertz CT molecular complexity index is 1560. The van der Waals surface area contributed by atoms with E-state index in [-0.39, 0.29) is 48.7 Å². The number of hydrogen-bond acceptors (Lipinski definition) is 9. The molecule has 2 atom stereocenters. The molecule has 12 heteroatoms. The minimum absolute atomic E-state index is 0.197. The summed E-state index contributed by atoms with van der Waals surface area (Å²) in [6.45, 7) is 7.67. The minimum Gasteiger partial charge on any atom is -0.461 e. The van der Waals surface area contributed by atoms with Crippen molar-refractivity contribution in [2.24, 2.45) is 5.10 Å². The minimum atomic E-state index is -0.671. The Morgan fingerprint density at radius 1 is 1.09 bits per heavy atom. The van der Waals surface area contributed by atoms with Gasteiger partial charge in [-0.2, -0.15) is 5.10 Å². The van der Waals surface area contributed by atoms with Gasteiger partial charge in [0, 0.05) is 25.4 Å². The zero-order valence-corrected chi connectivity index (χ0v) is 26.0. The topological polar surface area (TPSA) is 153 Å². The molecule has 1 aromatic heterocycles. The monoisotopic (exact) mass is 616 g/mol. The molecule has 45 heavy (non-hydrogen) atoms. The molecule has 3 aromatic rings. The van der Waals surface area contributed by atoms with Crippen LogP contribution in [0.5, 0.6) is 0 Å². The van der Waals surface area contributed by atoms with E-state index in [1.165, 1.54) is 17.0 Å². The van der Waals surface area contributed by atoms with E-state index in [4.69, 9.17) is 9.47 Å². The third kappa shape index (κ3) is 10.0. The number of anilines is 1. The molecule has 4 rings (SSSR count). The normalized spacial score (nSPS) is 14.8. The van der Waals surface area contributed by atoms with Gasteiger partial charge < -0.3 is 20.1 Å². The highest BCUT2D eigenvalue weighted by molar-refractivity contribution is 5.82. The Hall–Kier alpha value is -5.00. The van der Waals surface area contributed by atoms with Gasteiger partial charge in [0.1, 0.15) is 29.8 Å². The quantitative estimate of drug-likeness (QED) is 0.155. The fourth-order valence-corrected chi connectivity index (χ4v) is 4.72. The number of ether oxygens (including phenoxy) is 2. The van der Waals surface area contributed by atoms with E-state index in [0.29, 0.717) is 25.1 Å². The van der Waals surface area contributed by atoms with E-state index in [0.717, 1.165) is 16.7 Å². The smallest absolute Gasteiger partial charge is 0.428 e. The molecule has 0 saturated heterocycles. The number of amides is 2. The SMILES string of the molecule is CC(CCC(=O)OCc1ccccc1)Nc1cnc2n(c1=O)[C@H](C(=O)NCc1ccc(C=NNC(=O)OC(C)(C)C)cc1)CC2. The predicted molar refractivity (Wildman–Crippen MR) is 170 cm³/mol. The number of hydrazone groups is 1. The maximum absolute atomic E-state index is 13.4. The molecular weight excluding hydrogens is 576 g/mol. The summed E-state index contributed by atoms with van der Waals surface area (Å²) in [7, 11) is 0. The molecule has 238 valence electrons. The largest absolute Gasteiger partial charge is 0.461 e. The summed E-state index contributed by atoms with van der Waals surface area (Å²) in [5.41, 5.74) is 4.19. The summed E-state index contributed by atoms with van der Waals surface area (Å²) in [5, 5.41) is 9.95. The second kappa shape index (κ2) is 15.1. The van der Waals surface area contributed by atoms with Crippen molar-refractivity contribution >= 4 is 29.9 Å². The highest BCUT2D eigenvalue weighted by Crippen LogP contribution is 2.23. The lowest BCUT2D eigenvalue weighted by atomic mass is 10.1. The lowest BCUT2D eigenvalue weighted by Gasteiger charge is -2.18. The lowest BCUT2D eigenvalue weighted by molar-refractivity contribution is -0.145. The van der Waals surface area contributed by atoms with Crippen molar-refractivity contribution in [3.63, 3.8) is 0 Å². The van der Waals surface area contributed by atoms with Gasteiger partial charge in [0.15, 0.2) is 0 Å². The van der Waals surface area contributed by atoms with Crippen LogP contribution < -0.4 is 21.6 Å². The molecular formula is C33H40N6O6. The number of nitrogens with one attached hydrogen (secondary N) is 3. The van der Waals surface area contributed by atoms with Gasteiger partial charge in [0.25, 0.3) is 5.56 Å². The molecule has 0 spiro atoms. The van der Waals surface area contributed by atoms with Crippen molar-refractivity contribution in [2.45, 2.75) is 84.2 Å². The van der Waals surface area contributed by atoms with Gasteiger partial charge in [0.2, 0.25) is 5.91 Å². The third-order valence-corrected chi connectivity index (χ3v) is 6.97. The van der Waals surface area contributed by atoms with Crippen molar-refractivity contribution < 1.29 is 23.9 Å². The lowest BCUT2D eigenvalue weighted by Crippen LogP contribution is -2.37. The van der Waals surface area contributed by atoms with Crippen molar-refractivity contribution in [1.82, 2.24) is 20.3 Å². The van der Waals surface area contributed by atoms with Gasteiger partial charge in [-0.05, 0) is 57.2 Å². The van der Waals surface area contributed by atoms with Crippen molar-refractivity contribution in [1.29, 1.82) is 0 Å². The van der Waals surface area contributed by atoms with Crippen molar-refractivity contribution in [2.75, 3.05) is 5.32 Å². The average Bonchev–Trinajstić information content (AvgIpc) is 3.45. The number of esters is 1. The summed E-state index contributed by atoms with van der Waals surface area (Å²) < 4.78 is 11.9. The third-order valence-electron chi connectivity index (χ3n) is 6.97. The molecule has 1 aliphatic rings. The van der Waals surface area contributed by atoms with Gasteiger partial charge in [0.05, 0.1) is 12.4 Å². The maximum atomic E-state index is 13.4. The molecule has 2 aromatic carbocycles. The second-order valence-electron chi connectivity index (χ2n) is 11.9. The standard InChI is InChI=1S/C33H40N6O6/c1-22(10-17-29(40)44-21-25-8-6-5-7-9-25)37-26-20-34-28-16-15-27(39(28)31(26)42)30(41)35-18-23-11-13-24(14-12-23)19-36-38-32(43)45-33(2,3)4/h5-9,11-14,19-20,22,27,37H,10,15-18,21H2,1-4H3,(H,35,41)(H,38,43)/t22?,27-/m0/s1. The van der Waals surface area contributed by atoms with Crippen LogP contribution in [0.3, 0.4) is 0 Å². The molecule has 2 heterocycles. The van der Waals surface area contributed by atoms with Crippen LogP contribution >= 0.6 is 0 Å². The van der Waals surface area contributed by atoms with Crippen LogP contribution in [0.25, 0.3) is 0 Å². The first kappa shape index (κ1) is 32.9. The van der Waals surface area contributed by atoms with Gasteiger partial charge >= 0.3 is 12.1 Å². The molecule has 0 fully saturated rings. The van der Waals surface area contributed by atoms with Crippen LogP contribution in [0, 0.1) is 0 Å². The van der Waals surface area contributed by atoms with E-state index >= 15 is 0 Å². The van der Waals surface area contributed by atoms with Gasteiger partial charge in [-0.3, -0.25) is 19.0 Å². The van der Waals surface area contributed by atoms with Crippen LogP contribution in [0.15, 0.2) is 70.7 Å².